The maximum Gasteiger partial charge on any atom is 0.229 e. The number of amides is 2. The zero-order valence-corrected chi connectivity index (χ0v) is 12.7. The summed E-state index contributed by atoms with van der Waals surface area (Å²) in [5.41, 5.74) is 3.67. The summed E-state index contributed by atoms with van der Waals surface area (Å²) >= 11 is 1.43. The van der Waals surface area contributed by atoms with Gasteiger partial charge in [-0.3, -0.25) is 9.59 Å². The number of rotatable bonds is 3. The number of hydrogen-bond acceptors (Lipinski definition) is 4. The highest BCUT2D eigenvalue weighted by molar-refractivity contribution is 7.14. The highest BCUT2D eigenvalue weighted by Gasteiger charge is 2.26. The molecule has 112 valence electrons. The topological polar surface area (TPSA) is 71.1 Å². The Morgan fingerprint density at radius 3 is 3.00 bits per heavy atom. The lowest BCUT2D eigenvalue weighted by Gasteiger charge is -2.23. The first-order chi connectivity index (χ1) is 10.7. The van der Waals surface area contributed by atoms with E-state index in [4.69, 9.17) is 0 Å². The molecule has 2 aliphatic rings. The van der Waals surface area contributed by atoms with E-state index in [0.717, 1.165) is 41.8 Å². The first kappa shape index (κ1) is 13.5. The molecule has 2 amide bonds. The second-order valence-corrected chi connectivity index (χ2v) is 6.61. The molecule has 2 N–H and O–H groups in total. The van der Waals surface area contributed by atoms with Crippen LogP contribution in [0.5, 0.6) is 0 Å². The summed E-state index contributed by atoms with van der Waals surface area (Å²) in [6, 6.07) is 5.83. The predicted molar refractivity (Wildman–Crippen MR) is 85.9 cm³/mol. The molecular weight excluding hydrogens is 298 g/mol. The zero-order chi connectivity index (χ0) is 15.1. The molecule has 1 aliphatic carbocycles. The predicted octanol–water partition coefficient (Wildman–Crippen LogP) is 3.04. The van der Waals surface area contributed by atoms with Gasteiger partial charge in [-0.15, -0.1) is 11.3 Å². The van der Waals surface area contributed by atoms with Crippen molar-refractivity contribution in [2.45, 2.75) is 25.7 Å². The van der Waals surface area contributed by atoms with Crippen LogP contribution in [0.25, 0.3) is 11.3 Å². The highest BCUT2D eigenvalue weighted by Crippen LogP contribution is 2.32. The van der Waals surface area contributed by atoms with Crippen LogP contribution in [0.2, 0.25) is 0 Å². The maximum atomic E-state index is 11.9. The molecule has 0 saturated heterocycles. The molecule has 1 aromatic carbocycles. The molecule has 1 fully saturated rings. The van der Waals surface area contributed by atoms with Gasteiger partial charge in [0.05, 0.1) is 12.1 Å². The summed E-state index contributed by atoms with van der Waals surface area (Å²) in [7, 11) is 0. The fraction of sp³-hybridized carbons (Fsp3) is 0.312. The summed E-state index contributed by atoms with van der Waals surface area (Å²) in [5.74, 6) is 0.263. The Morgan fingerprint density at radius 1 is 1.36 bits per heavy atom. The average Bonchev–Trinajstić information content (AvgIpc) is 3.00. The van der Waals surface area contributed by atoms with Crippen molar-refractivity contribution in [2.75, 3.05) is 10.6 Å². The first-order valence-corrected chi connectivity index (χ1v) is 8.26. The minimum absolute atomic E-state index is 0.0267. The van der Waals surface area contributed by atoms with Gasteiger partial charge in [0.15, 0.2) is 5.13 Å². The largest absolute Gasteiger partial charge is 0.326 e. The van der Waals surface area contributed by atoms with Gasteiger partial charge >= 0.3 is 0 Å². The van der Waals surface area contributed by atoms with E-state index in [1.165, 1.54) is 11.3 Å². The molecule has 2 heterocycles. The van der Waals surface area contributed by atoms with Crippen molar-refractivity contribution >= 4 is 34.0 Å². The van der Waals surface area contributed by atoms with Crippen LogP contribution >= 0.6 is 11.3 Å². The quantitative estimate of drug-likeness (QED) is 0.915. The molecule has 4 rings (SSSR count). The number of thiazole rings is 1. The van der Waals surface area contributed by atoms with E-state index in [9.17, 15) is 9.59 Å². The van der Waals surface area contributed by atoms with Gasteiger partial charge < -0.3 is 10.6 Å². The first-order valence-electron chi connectivity index (χ1n) is 7.38. The van der Waals surface area contributed by atoms with Crippen molar-refractivity contribution in [3.05, 3.63) is 29.1 Å². The van der Waals surface area contributed by atoms with Gasteiger partial charge in [-0.2, -0.15) is 0 Å². The molecule has 0 radical (unpaired) electrons. The number of carbonyl (C=O) groups excluding carboxylic acids is 2. The third kappa shape index (κ3) is 2.39. The molecule has 5 nitrogen and oxygen atoms in total. The number of fused-ring (bicyclic) bond motifs is 1. The minimum Gasteiger partial charge on any atom is -0.326 e. The maximum absolute atomic E-state index is 11.9. The van der Waals surface area contributed by atoms with Crippen molar-refractivity contribution in [3.63, 3.8) is 0 Å². The summed E-state index contributed by atoms with van der Waals surface area (Å²) in [5, 5.41) is 8.29. The average molecular weight is 313 g/mol. The number of anilines is 2. The molecule has 0 atom stereocenters. The smallest absolute Gasteiger partial charge is 0.229 e. The van der Waals surface area contributed by atoms with Crippen molar-refractivity contribution < 1.29 is 9.59 Å². The monoisotopic (exact) mass is 313 g/mol. The van der Waals surface area contributed by atoms with E-state index in [-0.39, 0.29) is 17.7 Å². The fourth-order valence-corrected chi connectivity index (χ4v) is 3.45. The normalized spacial score (nSPS) is 16.8. The number of benzene rings is 1. The molecule has 1 saturated carbocycles. The Labute approximate surface area is 131 Å². The molecule has 0 unspecified atom stereocenters. The molecule has 22 heavy (non-hydrogen) atoms. The minimum atomic E-state index is 0.0267. The Hall–Kier alpha value is -2.21. The number of nitrogens with zero attached hydrogens (tertiary/aromatic N) is 1. The Kier molecular flexibility index (Phi) is 3.18. The summed E-state index contributed by atoms with van der Waals surface area (Å²) < 4.78 is 0. The van der Waals surface area contributed by atoms with Crippen LogP contribution < -0.4 is 10.6 Å². The van der Waals surface area contributed by atoms with Gasteiger partial charge in [-0.25, -0.2) is 4.98 Å². The van der Waals surface area contributed by atoms with Crippen molar-refractivity contribution in [3.8, 4) is 11.3 Å². The van der Waals surface area contributed by atoms with Crippen molar-refractivity contribution in [1.29, 1.82) is 0 Å². The SMILES string of the molecule is O=C1Cc2cc(-c3csc(NC(=O)C4CCC4)n3)ccc2N1. The van der Waals surface area contributed by atoms with E-state index >= 15 is 0 Å². The second-order valence-electron chi connectivity index (χ2n) is 5.75. The molecule has 0 spiro atoms. The molecule has 1 aliphatic heterocycles. The summed E-state index contributed by atoms with van der Waals surface area (Å²) in [4.78, 5) is 27.8. The summed E-state index contributed by atoms with van der Waals surface area (Å²) in [6.07, 6.45) is 3.52. The lowest BCUT2D eigenvalue weighted by Crippen LogP contribution is -2.27. The number of nitrogens with one attached hydrogen (secondary N) is 2. The van der Waals surface area contributed by atoms with E-state index in [1.54, 1.807) is 0 Å². The van der Waals surface area contributed by atoms with E-state index in [0.29, 0.717) is 11.6 Å². The van der Waals surface area contributed by atoms with Crippen LogP contribution in [0.3, 0.4) is 0 Å². The van der Waals surface area contributed by atoms with Gasteiger partial charge in [0.1, 0.15) is 0 Å². The zero-order valence-electron chi connectivity index (χ0n) is 11.9. The van der Waals surface area contributed by atoms with Crippen LogP contribution in [0, 0.1) is 5.92 Å². The van der Waals surface area contributed by atoms with E-state index in [1.807, 2.05) is 23.6 Å². The van der Waals surface area contributed by atoms with E-state index in [2.05, 4.69) is 15.6 Å². The van der Waals surface area contributed by atoms with Gasteiger partial charge in [-0.1, -0.05) is 12.5 Å². The van der Waals surface area contributed by atoms with Crippen LogP contribution in [-0.2, 0) is 16.0 Å². The summed E-state index contributed by atoms with van der Waals surface area (Å²) in [6.45, 7) is 0. The molecule has 2 aromatic rings. The van der Waals surface area contributed by atoms with Gasteiger partial charge in [0, 0.05) is 22.5 Å². The highest BCUT2D eigenvalue weighted by atomic mass is 32.1. The third-order valence-electron chi connectivity index (χ3n) is 4.24. The van der Waals surface area contributed by atoms with E-state index < -0.39 is 0 Å². The number of aromatic nitrogens is 1. The standard InChI is InChI=1S/C16H15N3O2S/c20-14-7-11-6-10(4-5-12(11)17-14)13-8-22-16(18-13)19-15(21)9-2-1-3-9/h4-6,8-9H,1-3,7H2,(H,17,20)(H,18,19,21). The van der Waals surface area contributed by atoms with Gasteiger partial charge in [-0.05, 0) is 30.5 Å². The number of carbonyl (C=O) groups is 2. The van der Waals surface area contributed by atoms with Crippen molar-refractivity contribution in [2.24, 2.45) is 5.92 Å². The Bertz CT molecular complexity index is 765. The van der Waals surface area contributed by atoms with Crippen LogP contribution in [-0.4, -0.2) is 16.8 Å². The molecule has 0 bridgehead atoms. The van der Waals surface area contributed by atoms with Gasteiger partial charge in [0.2, 0.25) is 11.8 Å². The lowest BCUT2D eigenvalue weighted by molar-refractivity contribution is -0.122. The Balaban J connectivity index is 1.53. The van der Waals surface area contributed by atoms with Crippen molar-refractivity contribution in [1.82, 2.24) is 4.98 Å². The second kappa shape index (κ2) is 5.21. The molecule has 1 aromatic heterocycles. The van der Waals surface area contributed by atoms with Crippen LogP contribution in [0.1, 0.15) is 24.8 Å². The third-order valence-corrected chi connectivity index (χ3v) is 4.99. The van der Waals surface area contributed by atoms with Crippen LogP contribution in [0.15, 0.2) is 23.6 Å². The van der Waals surface area contributed by atoms with Gasteiger partial charge in [0.25, 0.3) is 0 Å². The lowest BCUT2D eigenvalue weighted by atomic mass is 9.85. The fourth-order valence-electron chi connectivity index (χ4n) is 2.73. The Morgan fingerprint density at radius 2 is 2.23 bits per heavy atom. The molecular formula is C16H15N3O2S. The van der Waals surface area contributed by atoms with Crippen LogP contribution in [0.4, 0.5) is 10.8 Å². The molecule has 6 heteroatoms. The number of hydrogen-bond donors (Lipinski definition) is 2.